The van der Waals surface area contributed by atoms with Gasteiger partial charge in [0.1, 0.15) is 11.5 Å². The first-order valence-corrected chi connectivity index (χ1v) is 11.3. The van der Waals surface area contributed by atoms with Gasteiger partial charge in [0.05, 0.1) is 0 Å². The zero-order valence-electron chi connectivity index (χ0n) is 16.4. The van der Waals surface area contributed by atoms with Crippen LogP contribution in [0.25, 0.3) is 0 Å². The van der Waals surface area contributed by atoms with Crippen molar-refractivity contribution in [2.24, 2.45) is 0 Å². The number of carbonyl (C=O) groups is 2. The first-order valence-electron chi connectivity index (χ1n) is 9.47. The first-order chi connectivity index (χ1) is 13.8. The molecule has 3 rings (SSSR count). The summed E-state index contributed by atoms with van der Waals surface area (Å²) in [5.74, 6) is -2.47. The Morgan fingerprint density at radius 3 is 2.14 bits per heavy atom. The van der Waals surface area contributed by atoms with Crippen molar-refractivity contribution in [3.63, 3.8) is 0 Å². The molecular weight excluding hydrogens is 390 g/mol. The minimum absolute atomic E-state index is 0.457. The molecule has 1 fully saturated rings. The number of hydrogen-bond donors (Lipinski definition) is 1. The van der Waals surface area contributed by atoms with Gasteiger partial charge in [-0.1, -0.05) is 35.9 Å². The molecule has 0 saturated carbocycles. The van der Waals surface area contributed by atoms with E-state index in [4.69, 9.17) is 0 Å². The normalized spacial score (nSPS) is 14.5. The van der Waals surface area contributed by atoms with E-state index in [1.54, 1.807) is 17.0 Å². The van der Waals surface area contributed by atoms with E-state index in [2.05, 4.69) is 10.2 Å². The van der Waals surface area contributed by atoms with Gasteiger partial charge in [0, 0.05) is 37.6 Å². The molecule has 8 heteroatoms. The van der Waals surface area contributed by atoms with Gasteiger partial charge in [0.15, 0.2) is 9.84 Å². The molecule has 1 aliphatic heterocycles. The van der Waals surface area contributed by atoms with E-state index in [0.717, 1.165) is 11.3 Å². The minimum Gasteiger partial charge on any atom is -0.368 e. The van der Waals surface area contributed by atoms with Crippen LogP contribution in [0.5, 0.6) is 0 Å². The highest BCUT2D eigenvalue weighted by molar-refractivity contribution is 7.92. The van der Waals surface area contributed by atoms with Crippen molar-refractivity contribution < 1.29 is 18.0 Å². The van der Waals surface area contributed by atoms with Crippen LogP contribution in [-0.2, 0) is 19.4 Å². The summed E-state index contributed by atoms with van der Waals surface area (Å²) in [5, 5.41) is 2.55. The fourth-order valence-electron chi connectivity index (χ4n) is 3.22. The van der Waals surface area contributed by atoms with Gasteiger partial charge in [-0.15, -0.1) is 0 Å². The van der Waals surface area contributed by atoms with Crippen LogP contribution in [0.3, 0.4) is 0 Å². The third-order valence-corrected chi connectivity index (χ3v) is 6.17. The van der Waals surface area contributed by atoms with Crippen LogP contribution >= 0.6 is 0 Å². The monoisotopic (exact) mass is 415 g/mol. The minimum atomic E-state index is -3.84. The van der Waals surface area contributed by atoms with Crippen LogP contribution in [0.15, 0.2) is 54.6 Å². The van der Waals surface area contributed by atoms with E-state index in [0.29, 0.717) is 31.9 Å². The fraction of sp³-hybridized carbons (Fsp3) is 0.333. The molecule has 0 aromatic heterocycles. The molecule has 154 valence electrons. The number of sulfone groups is 1. The van der Waals surface area contributed by atoms with E-state index < -0.39 is 33.2 Å². The highest BCUT2D eigenvalue weighted by Crippen LogP contribution is 2.16. The Hall–Kier alpha value is -2.87. The van der Waals surface area contributed by atoms with Crippen molar-refractivity contribution in [1.29, 1.82) is 0 Å². The second-order valence-corrected chi connectivity index (χ2v) is 9.21. The molecule has 2 aromatic carbocycles. The molecule has 0 aliphatic carbocycles. The maximum atomic E-state index is 12.4. The summed E-state index contributed by atoms with van der Waals surface area (Å²) in [6.07, 6.45) is 0. The second kappa shape index (κ2) is 9.09. The number of nitrogens with zero attached hydrogens (tertiary/aromatic N) is 2. The number of hydrogen-bond acceptors (Lipinski definition) is 5. The largest absolute Gasteiger partial charge is 0.368 e. The number of carbonyl (C=O) groups excluding carboxylic acids is 2. The number of amides is 2. The smallest absolute Gasteiger partial charge is 0.239 e. The predicted molar refractivity (Wildman–Crippen MR) is 114 cm³/mol. The Labute approximate surface area is 171 Å². The average molecular weight is 416 g/mol. The molecule has 0 unspecified atom stereocenters. The number of benzene rings is 2. The highest BCUT2D eigenvalue weighted by atomic mass is 32.2. The molecule has 7 nitrogen and oxygen atoms in total. The molecule has 1 saturated heterocycles. The standard InChI is InChI=1S/C21H25N3O4S/c1-17-7-9-18(10-8-17)22-20(25)15-29(27,28)16-21(26)24-13-11-23(12-14-24)19-5-3-2-4-6-19/h2-10H,11-16H2,1H3,(H,22,25). The van der Waals surface area contributed by atoms with Gasteiger partial charge in [-0.3, -0.25) is 9.59 Å². The number of para-hydroxylation sites is 1. The lowest BCUT2D eigenvalue weighted by molar-refractivity contribution is -0.128. The van der Waals surface area contributed by atoms with Crippen molar-refractivity contribution >= 4 is 33.0 Å². The predicted octanol–water partition coefficient (Wildman–Crippen LogP) is 1.70. The quantitative estimate of drug-likeness (QED) is 0.776. The summed E-state index contributed by atoms with van der Waals surface area (Å²) in [7, 11) is -3.84. The van der Waals surface area contributed by atoms with Crippen LogP contribution in [0.1, 0.15) is 5.56 Å². The fourth-order valence-corrected chi connectivity index (χ4v) is 4.35. The topological polar surface area (TPSA) is 86.8 Å². The lowest BCUT2D eigenvalue weighted by Gasteiger charge is -2.36. The molecule has 0 radical (unpaired) electrons. The number of aryl methyl sites for hydroxylation is 1. The number of piperazine rings is 1. The SMILES string of the molecule is Cc1ccc(NC(=O)CS(=O)(=O)CC(=O)N2CCN(c3ccccc3)CC2)cc1. The Bertz CT molecular complexity index is 951. The summed E-state index contributed by atoms with van der Waals surface area (Å²) >= 11 is 0. The van der Waals surface area contributed by atoms with E-state index in [1.807, 2.05) is 49.4 Å². The van der Waals surface area contributed by atoms with Gasteiger partial charge in [0.2, 0.25) is 11.8 Å². The molecule has 29 heavy (non-hydrogen) atoms. The Balaban J connectivity index is 1.49. The van der Waals surface area contributed by atoms with Crippen molar-refractivity contribution in [2.45, 2.75) is 6.92 Å². The molecule has 1 aliphatic rings. The van der Waals surface area contributed by atoms with Crippen molar-refractivity contribution in [3.05, 3.63) is 60.2 Å². The molecular formula is C21H25N3O4S. The molecule has 2 aromatic rings. The Morgan fingerprint density at radius 1 is 0.897 bits per heavy atom. The summed E-state index contributed by atoms with van der Waals surface area (Å²) in [6, 6.07) is 16.9. The molecule has 0 atom stereocenters. The molecule has 1 heterocycles. The second-order valence-electron chi connectivity index (χ2n) is 7.15. The van der Waals surface area contributed by atoms with Crippen molar-refractivity contribution in [3.8, 4) is 0 Å². The van der Waals surface area contributed by atoms with Crippen LogP contribution in [0, 0.1) is 6.92 Å². The van der Waals surface area contributed by atoms with E-state index in [-0.39, 0.29) is 0 Å². The maximum Gasteiger partial charge on any atom is 0.239 e. The number of anilines is 2. The lowest BCUT2D eigenvalue weighted by Crippen LogP contribution is -2.50. The first kappa shape index (κ1) is 20.9. The van der Waals surface area contributed by atoms with Crippen molar-refractivity contribution in [2.75, 3.05) is 47.9 Å². The van der Waals surface area contributed by atoms with Gasteiger partial charge < -0.3 is 15.1 Å². The number of nitrogens with one attached hydrogen (secondary N) is 1. The average Bonchev–Trinajstić information content (AvgIpc) is 2.69. The summed E-state index contributed by atoms with van der Waals surface area (Å²) in [4.78, 5) is 28.2. The molecule has 0 bridgehead atoms. The van der Waals surface area contributed by atoms with Crippen LogP contribution in [0.4, 0.5) is 11.4 Å². The van der Waals surface area contributed by atoms with Gasteiger partial charge >= 0.3 is 0 Å². The highest BCUT2D eigenvalue weighted by Gasteiger charge is 2.27. The van der Waals surface area contributed by atoms with Crippen LogP contribution in [-0.4, -0.2) is 62.8 Å². The van der Waals surface area contributed by atoms with Crippen LogP contribution in [0.2, 0.25) is 0 Å². The van der Waals surface area contributed by atoms with Crippen LogP contribution < -0.4 is 10.2 Å². The summed E-state index contributed by atoms with van der Waals surface area (Å²) in [6.45, 7) is 4.12. The Kier molecular flexibility index (Phi) is 6.53. The maximum absolute atomic E-state index is 12.4. The zero-order valence-corrected chi connectivity index (χ0v) is 17.2. The molecule has 2 amide bonds. The van der Waals surface area contributed by atoms with E-state index in [1.165, 1.54) is 0 Å². The van der Waals surface area contributed by atoms with E-state index in [9.17, 15) is 18.0 Å². The zero-order chi connectivity index (χ0) is 20.9. The third kappa shape index (κ3) is 6.05. The molecule has 0 spiro atoms. The van der Waals surface area contributed by atoms with Gasteiger partial charge in [-0.25, -0.2) is 8.42 Å². The summed E-state index contributed by atoms with van der Waals surface area (Å²) in [5.41, 5.74) is 2.65. The molecule has 1 N–H and O–H groups in total. The summed E-state index contributed by atoms with van der Waals surface area (Å²) < 4.78 is 24.6. The van der Waals surface area contributed by atoms with Crippen molar-refractivity contribution in [1.82, 2.24) is 4.90 Å². The Morgan fingerprint density at radius 2 is 1.52 bits per heavy atom. The van der Waals surface area contributed by atoms with E-state index >= 15 is 0 Å². The van der Waals surface area contributed by atoms with Gasteiger partial charge in [-0.2, -0.15) is 0 Å². The van der Waals surface area contributed by atoms with Gasteiger partial charge in [0.25, 0.3) is 0 Å². The lowest BCUT2D eigenvalue weighted by atomic mass is 10.2. The third-order valence-electron chi connectivity index (χ3n) is 4.78. The van der Waals surface area contributed by atoms with Gasteiger partial charge in [-0.05, 0) is 31.2 Å². The number of rotatable bonds is 6.